The van der Waals surface area contributed by atoms with Crippen LogP contribution in [0.15, 0.2) is 12.2 Å². The highest BCUT2D eigenvalue weighted by molar-refractivity contribution is 5.66. The smallest absolute Gasteiger partial charge is 0.303 e. The van der Waals surface area contributed by atoms with Gasteiger partial charge in [0.2, 0.25) is 0 Å². The second-order valence-corrected chi connectivity index (χ2v) is 8.51. The van der Waals surface area contributed by atoms with E-state index in [1.165, 1.54) is 89.9 Å². The quantitative estimate of drug-likeness (QED) is 0.142. The van der Waals surface area contributed by atoms with E-state index >= 15 is 0 Å². The molecule has 0 bridgehead atoms. The third-order valence-electron chi connectivity index (χ3n) is 5.82. The molecule has 0 aromatic carbocycles. The van der Waals surface area contributed by atoms with Crippen molar-refractivity contribution in [3.8, 4) is 0 Å². The number of likely N-dealkylation sites (N-methyl/N-ethyl adjacent to an activating group) is 1. The number of unbranched alkanes of at least 4 members (excludes halogenated alkanes) is 12. The first-order valence-corrected chi connectivity index (χ1v) is 12.4. The number of rotatable bonds is 22. The Morgan fingerprint density at radius 3 is 1.90 bits per heavy atom. The summed E-state index contributed by atoms with van der Waals surface area (Å²) >= 11 is 0. The summed E-state index contributed by atoms with van der Waals surface area (Å²) in [4.78, 5) is 10.8. The average molecular weight is 411 g/mol. The summed E-state index contributed by atoms with van der Waals surface area (Å²) in [7, 11) is 1.93. The van der Waals surface area contributed by atoms with E-state index in [1.807, 2.05) is 7.05 Å². The molecule has 2 unspecified atom stereocenters. The minimum Gasteiger partial charge on any atom is -0.481 e. The highest BCUT2D eigenvalue weighted by atomic mass is 16.4. The van der Waals surface area contributed by atoms with Crippen molar-refractivity contribution in [3.63, 3.8) is 0 Å². The van der Waals surface area contributed by atoms with Crippen molar-refractivity contribution in [2.24, 2.45) is 0 Å². The molecule has 0 amide bonds. The molecule has 0 aliphatic carbocycles. The lowest BCUT2D eigenvalue weighted by molar-refractivity contribution is -0.137. The van der Waals surface area contributed by atoms with Gasteiger partial charge in [0.1, 0.15) is 0 Å². The number of carboxylic acids is 1. The van der Waals surface area contributed by atoms with Crippen molar-refractivity contribution in [3.05, 3.63) is 12.2 Å². The Hall–Kier alpha value is -0.870. The van der Waals surface area contributed by atoms with Gasteiger partial charge in [-0.2, -0.15) is 0 Å². The van der Waals surface area contributed by atoms with Crippen LogP contribution in [0.5, 0.6) is 0 Å². The van der Waals surface area contributed by atoms with Crippen LogP contribution < -0.4 is 10.6 Å². The number of nitrogens with one attached hydrogen (secondary N) is 2. The van der Waals surface area contributed by atoms with Gasteiger partial charge in [-0.3, -0.25) is 4.79 Å². The first-order chi connectivity index (χ1) is 14.1. The van der Waals surface area contributed by atoms with Crippen LogP contribution in [0.25, 0.3) is 0 Å². The molecule has 4 nitrogen and oxygen atoms in total. The third kappa shape index (κ3) is 20.2. The highest BCUT2D eigenvalue weighted by Gasteiger charge is 2.15. The Morgan fingerprint density at radius 2 is 1.38 bits per heavy atom. The lowest BCUT2D eigenvalue weighted by Gasteiger charge is -2.24. The minimum atomic E-state index is -0.711. The van der Waals surface area contributed by atoms with Gasteiger partial charge in [-0.05, 0) is 59.0 Å². The lowest BCUT2D eigenvalue weighted by Crippen LogP contribution is -2.45. The van der Waals surface area contributed by atoms with E-state index in [2.05, 4.69) is 36.6 Å². The molecule has 3 N–H and O–H groups in total. The largest absolute Gasteiger partial charge is 0.481 e. The molecule has 0 aromatic rings. The van der Waals surface area contributed by atoms with Crippen molar-refractivity contribution in [2.75, 3.05) is 13.6 Å². The van der Waals surface area contributed by atoms with Crippen LogP contribution in [-0.4, -0.2) is 36.8 Å². The van der Waals surface area contributed by atoms with Gasteiger partial charge in [0.15, 0.2) is 0 Å². The van der Waals surface area contributed by atoms with E-state index in [0.29, 0.717) is 12.5 Å². The van der Waals surface area contributed by atoms with Crippen molar-refractivity contribution in [1.29, 1.82) is 0 Å². The molecule has 4 heteroatoms. The number of carbonyl (C=O) groups is 1. The number of hydrogen-bond acceptors (Lipinski definition) is 3. The standard InChI is InChI=1S/C25H50N2O2/c1-4-5-6-7-8-9-10-11-12-13-14-15-16-17-18-19-22-27-24(23(2)26-3)20-21-25(28)29/h11-12,23-24,26-27H,4-10,13-22H2,1-3H3,(H,28,29)/b12-11-. The van der Waals surface area contributed by atoms with Gasteiger partial charge in [0.05, 0.1) is 0 Å². The number of hydrogen-bond donors (Lipinski definition) is 3. The van der Waals surface area contributed by atoms with E-state index in [4.69, 9.17) is 5.11 Å². The predicted molar refractivity (Wildman–Crippen MR) is 127 cm³/mol. The van der Waals surface area contributed by atoms with Crippen molar-refractivity contribution < 1.29 is 9.90 Å². The summed E-state index contributed by atoms with van der Waals surface area (Å²) in [5.41, 5.74) is 0. The fourth-order valence-electron chi connectivity index (χ4n) is 3.67. The van der Waals surface area contributed by atoms with Gasteiger partial charge < -0.3 is 15.7 Å². The molecule has 0 rings (SSSR count). The summed E-state index contributed by atoms with van der Waals surface area (Å²) in [6.45, 7) is 5.37. The summed E-state index contributed by atoms with van der Waals surface area (Å²) in [5, 5.41) is 15.7. The Bertz CT molecular complexity index is 385. The van der Waals surface area contributed by atoms with Gasteiger partial charge in [-0.25, -0.2) is 0 Å². The van der Waals surface area contributed by atoms with Gasteiger partial charge in [-0.1, -0.05) is 76.9 Å². The van der Waals surface area contributed by atoms with Crippen LogP contribution in [0.1, 0.15) is 117 Å². The van der Waals surface area contributed by atoms with E-state index in [9.17, 15) is 4.79 Å². The highest BCUT2D eigenvalue weighted by Crippen LogP contribution is 2.10. The number of aliphatic carboxylic acids is 1. The molecule has 29 heavy (non-hydrogen) atoms. The number of allylic oxidation sites excluding steroid dienone is 2. The predicted octanol–water partition coefficient (Wildman–Crippen LogP) is 6.45. The molecule has 0 aromatic heterocycles. The fraction of sp³-hybridized carbons (Fsp3) is 0.880. The van der Waals surface area contributed by atoms with E-state index in [1.54, 1.807) is 0 Å². The Labute approximate surface area is 181 Å². The van der Waals surface area contributed by atoms with E-state index in [-0.39, 0.29) is 12.5 Å². The van der Waals surface area contributed by atoms with Crippen molar-refractivity contribution in [2.45, 2.75) is 129 Å². The van der Waals surface area contributed by atoms with Crippen LogP contribution >= 0.6 is 0 Å². The van der Waals surface area contributed by atoms with Gasteiger partial charge in [0.25, 0.3) is 0 Å². The fourth-order valence-corrected chi connectivity index (χ4v) is 3.67. The topological polar surface area (TPSA) is 61.4 Å². The monoisotopic (exact) mass is 410 g/mol. The van der Waals surface area contributed by atoms with E-state index < -0.39 is 5.97 Å². The number of carboxylic acid groups (broad SMARTS) is 1. The molecule has 0 saturated carbocycles. The molecular formula is C25H50N2O2. The molecular weight excluding hydrogens is 360 g/mol. The Balaban J connectivity index is 3.44. The molecule has 0 saturated heterocycles. The third-order valence-corrected chi connectivity index (χ3v) is 5.82. The summed E-state index contributed by atoms with van der Waals surface area (Å²) < 4.78 is 0. The lowest BCUT2D eigenvalue weighted by atomic mass is 10.0. The summed E-state index contributed by atoms with van der Waals surface area (Å²) in [6.07, 6.45) is 24.3. The van der Waals surface area contributed by atoms with Gasteiger partial charge in [-0.15, -0.1) is 0 Å². The molecule has 172 valence electrons. The molecule has 2 atom stereocenters. The minimum absolute atomic E-state index is 0.233. The van der Waals surface area contributed by atoms with Crippen LogP contribution in [0, 0.1) is 0 Å². The van der Waals surface area contributed by atoms with Crippen LogP contribution in [-0.2, 0) is 4.79 Å². The molecule has 0 aliphatic rings. The summed E-state index contributed by atoms with van der Waals surface area (Å²) in [6, 6.07) is 0.530. The molecule has 0 aliphatic heterocycles. The zero-order chi connectivity index (χ0) is 21.6. The first kappa shape index (κ1) is 28.1. The Morgan fingerprint density at radius 1 is 0.862 bits per heavy atom. The second kappa shape index (κ2) is 21.8. The molecule has 0 heterocycles. The van der Waals surface area contributed by atoms with Crippen LogP contribution in [0.2, 0.25) is 0 Å². The zero-order valence-corrected chi connectivity index (χ0v) is 19.7. The van der Waals surface area contributed by atoms with Crippen LogP contribution in [0.4, 0.5) is 0 Å². The maximum Gasteiger partial charge on any atom is 0.303 e. The van der Waals surface area contributed by atoms with Gasteiger partial charge >= 0.3 is 5.97 Å². The maximum atomic E-state index is 10.8. The first-order valence-electron chi connectivity index (χ1n) is 12.4. The molecule has 0 spiro atoms. The van der Waals surface area contributed by atoms with E-state index in [0.717, 1.165) is 6.54 Å². The Kier molecular flexibility index (Phi) is 21.2. The summed E-state index contributed by atoms with van der Waals surface area (Å²) in [5.74, 6) is -0.711. The van der Waals surface area contributed by atoms with Crippen molar-refractivity contribution in [1.82, 2.24) is 10.6 Å². The normalized spacial score (nSPS) is 13.8. The SMILES string of the molecule is CCCCCCCC/C=C\CCCCCCCCNC(CCC(=O)O)C(C)NC. The molecule has 0 radical (unpaired) electrons. The van der Waals surface area contributed by atoms with Gasteiger partial charge in [0, 0.05) is 18.5 Å². The maximum absolute atomic E-state index is 10.8. The van der Waals surface area contributed by atoms with Crippen LogP contribution in [0.3, 0.4) is 0 Å². The van der Waals surface area contributed by atoms with Crippen molar-refractivity contribution >= 4 is 5.97 Å². The molecule has 0 fully saturated rings. The average Bonchev–Trinajstić information content (AvgIpc) is 2.71. The zero-order valence-electron chi connectivity index (χ0n) is 19.7. The second-order valence-electron chi connectivity index (χ2n) is 8.51.